The molecule has 1 aliphatic carbocycles. The second-order valence-electron chi connectivity index (χ2n) is 6.67. The van der Waals surface area contributed by atoms with E-state index in [0.717, 1.165) is 5.56 Å². The average molecular weight is 404 g/mol. The van der Waals surface area contributed by atoms with Crippen molar-refractivity contribution in [1.29, 1.82) is 5.41 Å². The molecular formula is C18H22F2N8O. The number of amidine groups is 1. The number of nitrogens with zero attached hydrogens (tertiary/aromatic N) is 3. The zero-order valence-electron chi connectivity index (χ0n) is 15.7. The van der Waals surface area contributed by atoms with Gasteiger partial charge in [0.15, 0.2) is 17.2 Å². The van der Waals surface area contributed by atoms with Crippen molar-refractivity contribution < 1.29 is 13.6 Å². The molecule has 154 valence electrons. The topological polar surface area (TPSA) is 160 Å². The summed E-state index contributed by atoms with van der Waals surface area (Å²) >= 11 is 0. The van der Waals surface area contributed by atoms with Crippen LogP contribution in [0, 0.1) is 18.9 Å². The first-order valence-corrected chi connectivity index (χ1v) is 8.74. The average Bonchev–Trinajstić information content (AvgIpc) is 2.65. The Kier molecular flexibility index (Phi) is 6.60. The highest BCUT2D eigenvalue weighted by Gasteiger charge is 2.44. The van der Waals surface area contributed by atoms with Crippen molar-refractivity contribution in [2.45, 2.75) is 44.2 Å². The van der Waals surface area contributed by atoms with Crippen molar-refractivity contribution in [3.8, 4) is 0 Å². The van der Waals surface area contributed by atoms with Gasteiger partial charge < -0.3 is 22.5 Å². The summed E-state index contributed by atoms with van der Waals surface area (Å²) in [5, 5.41) is 10.5. The van der Waals surface area contributed by atoms with E-state index in [0.29, 0.717) is 17.8 Å². The van der Waals surface area contributed by atoms with Gasteiger partial charge in [0.05, 0.1) is 18.7 Å². The Labute approximate surface area is 166 Å². The second kappa shape index (κ2) is 8.74. The molecule has 0 unspecified atom stereocenters. The summed E-state index contributed by atoms with van der Waals surface area (Å²) < 4.78 is 27.6. The molecule has 0 bridgehead atoms. The number of rotatable bonds is 4. The molecule has 0 radical (unpaired) electrons. The summed E-state index contributed by atoms with van der Waals surface area (Å²) in [7, 11) is 0. The van der Waals surface area contributed by atoms with E-state index in [-0.39, 0.29) is 18.7 Å². The first-order chi connectivity index (χ1) is 13.5. The molecule has 0 saturated heterocycles. The minimum atomic E-state index is -3.06. The number of hydrogen-bond acceptors (Lipinski definition) is 4. The van der Waals surface area contributed by atoms with Gasteiger partial charge >= 0.3 is 0 Å². The molecule has 1 amide bonds. The Balaban J connectivity index is 2.34. The van der Waals surface area contributed by atoms with Crippen LogP contribution in [0.15, 0.2) is 28.2 Å². The van der Waals surface area contributed by atoms with Gasteiger partial charge in [0.1, 0.15) is 0 Å². The van der Waals surface area contributed by atoms with Crippen LogP contribution in [0.25, 0.3) is 4.85 Å². The zero-order valence-corrected chi connectivity index (χ0v) is 15.7. The number of carbonyl (C=O) groups excluding carboxylic acids is 1. The summed E-state index contributed by atoms with van der Waals surface area (Å²) in [5.41, 5.74) is 17.3. The van der Waals surface area contributed by atoms with Gasteiger partial charge in [-0.3, -0.25) is 10.2 Å². The van der Waals surface area contributed by atoms with E-state index < -0.39 is 35.6 Å². The first kappa shape index (κ1) is 21.9. The van der Waals surface area contributed by atoms with Gasteiger partial charge in [0, 0.05) is 12.1 Å². The van der Waals surface area contributed by atoms with Crippen LogP contribution in [0.5, 0.6) is 0 Å². The third-order valence-electron chi connectivity index (χ3n) is 4.51. The fourth-order valence-corrected chi connectivity index (χ4v) is 2.84. The van der Waals surface area contributed by atoms with Gasteiger partial charge in [0.2, 0.25) is 5.96 Å². The molecule has 1 fully saturated rings. The highest BCUT2D eigenvalue weighted by Crippen LogP contribution is 2.33. The third-order valence-corrected chi connectivity index (χ3v) is 4.51. The molecular weight excluding hydrogens is 382 g/mol. The van der Waals surface area contributed by atoms with Crippen LogP contribution in [0.2, 0.25) is 0 Å². The van der Waals surface area contributed by atoms with Crippen molar-refractivity contribution in [2.75, 3.05) is 5.32 Å². The normalized spacial score (nSPS) is 21.9. The van der Waals surface area contributed by atoms with E-state index in [1.165, 1.54) is 6.07 Å². The largest absolute Gasteiger partial charge is 0.368 e. The SMILES string of the molecule is [C-]#[N+]c1cc(N/C(=N/C(N)=N[C@@H]2CCCC(F)(F)[C@@H]2N)C(=N)C(N)=O)ccc1C. The molecule has 1 aromatic carbocycles. The number of carbonyl (C=O) groups is 1. The van der Waals surface area contributed by atoms with Crippen molar-refractivity contribution >= 4 is 34.8 Å². The van der Waals surface area contributed by atoms with Crippen LogP contribution in [-0.4, -0.2) is 41.4 Å². The van der Waals surface area contributed by atoms with E-state index in [1.54, 1.807) is 19.1 Å². The lowest BCUT2D eigenvalue weighted by Gasteiger charge is -2.33. The van der Waals surface area contributed by atoms with Gasteiger partial charge in [-0.1, -0.05) is 6.07 Å². The lowest BCUT2D eigenvalue weighted by Crippen LogP contribution is -2.52. The summed E-state index contributed by atoms with van der Waals surface area (Å²) in [6.45, 7) is 8.92. The Bertz CT molecular complexity index is 919. The first-order valence-electron chi connectivity index (χ1n) is 8.74. The van der Waals surface area contributed by atoms with E-state index >= 15 is 0 Å². The number of primary amides is 1. The number of aryl methyl sites for hydroxylation is 1. The molecule has 29 heavy (non-hydrogen) atoms. The third kappa shape index (κ3) is 5.32. The molecule has 8 N–H and O–H groups in total. The molecule has 0 heterocycles. The van der Waals surface area contributed by atoms with Gasteiger partial charge in [-0.2, -0.15) is 4.99 Å². The van der Waals surface area contributed by atoms with Crippen molar-refractivity contribution in [1.82, 2.24) is 0 Å². The quantitative estimate of drug-likeness (QED) is 0.293. The molecule has 9 nitrogen and oxygen atoms in total. The molecule has 0 aromatic heterocycles. The maximum atomic E-state index is 13.8. The number of amides is 1. The number of aliphatic imine (C=N–C) groups is 2. The Morgan fingerprint density at radius 2 is 2.10 bits per heavy atom. The summed E-state index contributed by atoms with van der Waals surface area (Å²) in [6, 6.07) is 2.33. The number of hydrogen-bond donors (Lipinski definition) is 5. The van der Waals surface area contributed by atoms with Crippen LogP contribution in [0.3, 0.4) is 0 Å². The molecule has 1 aliphatic rings. The minimum Gasteiger partial charge on any atom is -0.368 e. The minimum absolute atomic E-state index is 0.233. The predicted molar refractivity (Wildman–Crippen MR) is 108 cm³/mol. The predicted octanol–water partition coefficient (Wildman–Crippen LogP) is 1.69. The zero-order chi connectivity index (χ0) is 21.8. The number of halogens is 2. The van der Waals surface area contributed by atoms with E-state index in [4.69, 9.17) is 29.2 Å². The lowest BCUT2D eigenvalue weighted by atomic mass is 9.88. The monoisotopic (exact) mass is 404 g/mol. The van der Waals surface area contributed by atoms with Gasteiger partial charge in [-0.25, -0.2) is 18.6 Å². The van der Waals surface area contributed by atoms with Crippen LogP contribution in [0.4, 0.5) is 20.2 Å². The Morgan fingerprint density at radius 3 is 2.72 bits per heavy atom. The van der Waals surface area contributed by atoms with E-state index in [2.05, 4.69) is 20.1 Å². The van der Waals surface area contributed by atoms with Crippen molar-refractivity contribution in [3.05, 3.63) is 35.2 Å². The van der Waals surface area contributed by atoms with Crippen LogP contribution >= 0.6 is 0 Å². The summed E-state index contributed by atoms with van der Waals surface area (Å²) in [4.78, 5) is 22.6. The number of benzene rings is 1. The molecule has 0 spiro atoms. The van der Waals surface area contributed by atoms with E-state index in [9.17, 15) is 13.6 Å². The number of nitrogens with two attached hydrogens (primary N) is 3. The number of anilines is 1. The van der Waals surface area contributed by atoms with Crippen LogP contribution in [-0.2, 0) is 4.79 Å². The highest BCUT2D eigenvalue weighted by atomic mass is 19.3. The standard InChI is InChI=1S/C18H22F2N8O/c1-9-5-6-10(8-12(9)25-2)26-16(13(21)15(23)29)28-17(24)27-11-4-3-7-18(19,20)14(11)22/h5-6,8,11,14,21H,3-4,7,22H2,1H3,(H2,23,29)(H3,24,26,27,28)/t11-,14-/m1/s1. The maximum Gasteiger partial charge on any atom is 0.270 e. The smallest absolute Gasteiger partial charge is 0.270 e. The Morgan fingerprint density at radius 1 is 1.41 bits per heavy atom. The molecule has 11 heteroatoms. The summed E-state index contributed by atoms with van der Waals surface area (Å²) in [5.74, 6) is -4.89. The number of guanidine groups is 1. The number of nitrogens with one attached hydrogen (secondary N) is 2. The fourth-order valence-electron chi connectivity index (χ4n) is 2.84. The molecule has 2 rings (SSSR count). The molecule has 1 aromatic rings. The van der Waals surface area contributed by atoms with Crippen molar-refractivity contribution in [2.24, 2.45) is 27.2 Å². The second-order valence-corrected chi connectivity index (χ2v) is 6.67. The molecule has 1 saturated carbocycles. The fraction of sp³-hybridized carbons (Fsp3) is 0.389. The molecule has 2 atom stereocenters. The Hall–Kier alpha value is -3.39. The van der Waals surface area contributed by atoms with Gasteiger partial charge in [-0.05, 0) is 37.5 Å². The van der Waals surface area contributed by atoms with Gasteiger partial charge in [-0.15, -0.1) is 0 Å². The lowest BCUT2D eigenvalue weighted by molar-refractivity contribution is -0.111. The number of alkyl halides is 2. The van der Waals surface area contributed by atoms with Gasteiger partial charge in [0.25, 0.3) is 11.8 Å². The van der Waals surface area contributed by atoms with Crippen LogP contribution in [0.1, 0.15) is 24.8 Å². The van der Waals surface area contributed by atoms with Crippen LogP contribution < -0.4 is 22.5 Å². The molecule has 0 aliphatic heterocycles. The van der Waals surface area contributed by atoms with E-state index in [1.807, 2.05) is 0 Å². The van der Waals surface area contributed by atoms with Crippen molar-refractivity contribution in [3.63, 3.8) is 0 Å². The summed E-state index contributed by atoms with van der Waals surface area (Å²) in [6.07, 6.45) is 0.228. The maximum absolute atomic E-state index is 13.8. The highest BCUT2D eigenvalue weighted by molar-refractivity contribution is 6.67.